The summed E-state index contributed by atoms with van der Waals surface area (Å²) in [6.07, 6.45) is 0. The number of thioether (sulfide) groups is 1. The van der Waals surface area contributed by atoms with Gasteiger partial charge in [-0.05, 0) is 12.1 Å². The van der Waals surface area contributed by atoms with Crippen molar-refractivity contribution in [1.82, 2.24) is 15.1 Å². The second-order valence-corrected chi connectivity index (χ2v) is 7.51. The monoisotopic (exact) mass is 356 g/mol. The molecule has 1 aliphatic rings. The van der Waals surface area contributed by atoms with Crippen LogP contribution in [0, 0.1) is 0 Å². The Morgan fingerprint density at radius 2 is 2.09 bits per heavy atom. The number of para-hydroxylation sites is 1. The first-order valence-corrected chi connectivity index (χ1v) is 9.27. The van der Waals surface area contributed by atoms with Crippen LogP contribution in [0.1, 0.15) is 0 Å². The van der Waals surface area contributed by atoms with Gasteiger partial charge < -0.3 is 10.1 Å². The summed E-state index contributed by atoms with van der Waals surface area (Å²) in [7, 11) is 0. The van der Waals surface area contributed by atoms with E-state index >= 15 is 0 Å². The maximum atomic E-state index is 6.12. The lowest BCUT2D eigenvalue weighted by Crippen LogP contribution is -2.37. The van der Waals surface area contributed by atoms with Crippen molar-refractivity contribution < 1.29 is 4.74 Å². The van der Waals surface area contributed by atoms with Gasteiger partial charge in [0.25, 0.3) is 0 Å². The van der Waals surface area contributed by atoms with Gasteiger partial charge in [0.05, 0.1) is 23.9 Å². The first-order valence-electron chi connectivity index (χ1n) is 7.09. The molecule has 1 aliphatic heterocycles. The zero-order chi connectivity index (χ0) is 15.2. The van der Waals surface area contributed by atoms with E-state index in [9.17, 15) is 0 Å². The number of ether oxygens (including phenoxy) is 1. The molecular weight excluding hydrogens is 340 g/mol. The Bertz CT molecular complexity index is 604. The van der Waals surface area contributed by atoms with E-state index in [4.69, 9.17) is 16.3 Å². The summed E-state index contributed by atoms with van der Waals surface area (Å²) in [5.41, 5.74) is 0.852. The number of anilines is 2. The van der Waals surface area contributed by atoms with Crippen LogP contribution >= 0.6 is 34.7 Å². The molecule has 2 heterocycles. The Labute approximate surface area is 143 Å². The molecule has 0 spiro atoms. The van der Waals surface area contributed by atoms with Gasteiger partial charge in [0.2, 0.25) is 5.13 Å². The molecule has 1 aromatic heterocycles. The van der Waals surface area contributed by atoms with Gasteiger partial charge in [-0.15, -0.1) is 10.2 Å². The Kier molecular flexibility index (Phi) is 5.91. The highest BCUT2D eigenvalue weighted by atomic mass is 35.5. The Balaban J connectivity index is 1.47. The Morgan fingerprint density at radius 1 is 1.27 bits per heavy atom. The molecule has 0 amide bonds. The maximum Gasteiger partial charge on any atom is 0.210 e. The fourth-order valence-electron chi connectivity index (χ4n) is 2.08. The third kappa shape index (κ3) is 4.57. The molecule has 1 fully saturated rings. The molecule has 2 aromatic rings. The van der Waals surface area contributed by atoms with Crippen molar-refractivity contribution in [1.29, 1.82) is 0 Å². The summed E-state index contributed by atoms with van der Waals surface area (Å²) in [6.45, 7) is 4.79. The van der Waals surface area contributed by atoms with E-state index in [0.29, 0.717) is 5.02 Å². The Hall–Kier alpha value is -0.860. The van der Waals surface area contributed by atoms with E-state index < -0.39 is 0 Å². The smallest absolute Gasteiger partial charge is 0.210 e. The van der Waals surface area contributed by atoms with Crippen LogP contribution < -0.4 is 5.32 Å². The highest BCUT2D eigenvalue weighted by Crippen LogP contribution is 2.30. The molecule has 0 radical (unpaired) electrons. The van der Waals surface area contributed by atoms with Gasteiger partial charge in [-0.25, -0.2) is 0 Å². The van der Waals surface area contributed by atoms with Crippen LogP contribution in [0.25, 0.3) is 0 Å². The number of rotatable bonds is 6. The molecule has 0 bridgehead atoms. The largest absolute Gasteiger partial charge is 0.379 e. The zero-order valence-electron chi connectivity index (χ0n) is 12.0. The molecule has 1 aromatic carbocycles. The molecule has 0 atom stereocenters. The van der Waals surface area contributed by atoms with Crippen LogP contribution in [0.15, 0.2) is 28.6 Å². The molecule has 0 saturated carbocycles. The van der Waals surface area contributed by atoms with E-state index in [1.54, 1.807) is 23.1 Å². The van der Waals surface area contributed by atoms with Crippen LogP contribution in [0.5, 0.6) is 0 Å². The number of hydrogen-bond donors (Lipinski definition) is 1. The summed E-state index contributed by atoms with van der Waals surface area (Å²) in [5.74, 6) is 1.01. The lowest BCUT2D eigenvalue weighted by Gasteiger charge is -2.25. The highest BCUT2D eigenvalue weighted by Gasteiger charge is 2.11. The SMILES string of the molecule is Clc1ccccc1Nc1nnc(SCCN2CCOCC2)s1. The number of hydrogen-bond acceptors (Lipinski definition) is 7. The zero-order valence-corrected chi connectivity index (χ0v) is 14.4. The lowest BCUT2D eigenvalue weighted by molar-refractivity contribution is 0.0410. The molecule has 8 heteroatoms. The summed E-state index contributed by atoms with van der Waals surface area (Å²) < 4.78 is 6.32. The minimum absolute atomic E-state index is 0.680. The van der Waals surface area contributed by atoms with E-state index in [2.05, 4.69) is 20.4 Å². The second-order valence-electron chi connectivity index (χ2n) is 4.78. The Morgan fingerprint density at radius 3 is 2.91 bits per heavy atom. The molecule has 0 unspecified atom stereocenters. The van der Waals surface area contributed by atoms with Gasteiger partial charge in [-0.2, -0.15) is 0 Å². The fourth-order valence-corrected chi connectivity index (χ4v) is 4.10. The molecular formula is C14H17ClN4OS2. The summed E-state index contributed by atoms with van der Waals surface area (Å²) in [6, 6.07) is 7.62. The lowest BCUT2D eigenvalue weighted by atomic mass is 10.3. The number of aromatic nitrogens is 2. The van der Waals surface area contributed by atoms with Gasteiger partial charge >= 0.3 is 0 Å². The average molecular weight is 357 g/mol. The van der Waals surface area contributed by atoms with Crippen molar-refractivity contribution in [3.05, 3.63) is 29.3 Å². The molecule has 1 saturated heterocycles. The predicted molar refractivity (Wildman–Crippen MR) is 92.6 cm³/mol. The van der Waals surface area contributed by atoms with Gasteiger partial charge in [0.1, 0.15) is 0 Å². The number of benzene rings is 1. The third-order valence-electron chi connectivity index (χ3n) is 3.26. The van der Waals surface area contributed by atoms with Gasteiger partial charge in [-0.3, -0.25) is 4.90 Å². The second kappa shape index (κ2) is 8.12. The molecule has 0 aliphatic carbocycles. The fraction of sp³-hybridized carbons (Fsp3) is 0.429. The maximum absolute atomic E-state index is 6.12. The molecule has 5 nitrogen and oxygen atoms in total. The minimum Gasteiger partial charge on any atom is -0.379 e. The topological polar surface area (TPSA) is 50.3 Å². The average Bonchev–Trinajstić information content (AvgIpc) is 2.98. The van der Waals surface area contributed by atoms with Crippen molar-refractivity contribution in [3.63, 3.8) is 0 Å². The first-order chi connectivity index (χ1) is 10.8. The number of nitrogens with zero attached hydrogens (tertiary/aromatic N) is 3. The van der Waals surface area contributed by atoms with Crippen molar-refractivity contribution in [3.8, 4) is 0 Å². The summed E-state index contributed by atoms with van der Waals surface area (Å²) in [4.78, 5) is 2.42. The van der Waals surface area contributed by atoms with Crippen LogP contribution in [0.2, 0.25) is 5.02 Å². The highest BCUT2D eigenvalue weighted by molar-refractivity contribution is 8.01. The van der Waals surface area contributed by atoms with Crippen molar-refractivity contribution in [2.45, 2.75) is 4.34 Å². The predicted octanol–water partition coefficient (Wildman–Crippen LogP) is 3.36. The van der Waals surface area contributed by atoms with Gasteiger partial charge in [0.15, 0.2) is 4.34 Å². The van der Waals surface area contributed by atoms with E-state index in [1.165, 1.54) is 0 Å². The van der Waals surface area contributed by atoms with E-state index in [-0.39, 0.29) is 0 Å². The van der Waals surface area contributed by atoms with Crippen LogP contribution in [0.3, 0.4) is 0 Å². The number of morpholine rings is 1. The van der Waals surface area contributed by atoms with Gasteiger partial charge in [0, 0.05) is 25.4 Å². The van der Waals surface area contributed by atoms with Crippen molar-refractivity contribution in [2.24, 2.45) is 0 Å². The van der Waals surface area contributed by atoms with E-state index in [0.717, 1.165) is 53.8 Å². The van der Waals surface area contributed by atoms with Crippen LogP contribution in [-0.2, 0) is 4.74 Å². The quantitative estimate of drug-likeness (QED) is 0.801. The normalized spacial score (nSPS) is 15.9. The van der Waals surface area contributed by atoms with Crippen LogP contribution in [-0.4, -0.2) is 53.7 Å². The van der Waals surface area contributed by atoms with Crippen LogP contribution in [0.4, 0.5) is 10.8 Å². The van der Waals surface area contributed by atoms with Crippen molar-refractivity contribution in [2.75, 3.05) is 43.9 Å². The molecule has 3 rings (SSSR count). The number of halogens is 1. The summed E-state index contributed by atoms with van der Waals surface area (Å²) in [5, 5.41) is 13.0. The van der Waals surface area contributed by atoms with E-state index in [1.807, 2.05) is 24.3 Å². The third-order valence-corrected chi connectivity index (χ3v) is 5.54. The molecule has 118 valence electrons. The summed E-state index contributed by atoms with van der Waals surface area (Å²) >= 11 is 9.41. The molecule has 22 heavy (non-hydrogen) atoms. The molecule has 1 N–H and O–H groups in total. The first kappa shape index (κ1) is 16.0. The number of nitrogens with one attached hydrogen (secondary N) is 1. The standard InChI is InChI=1S/C14H17ClN4OS2/c15-11-3-1-2-4-12(11)16-13-17-18-14(22-13)21-10-7-19-5-8-20-9-6-19/h1-4H,5-10H2,(H,16,17). The minimum atomic E-state index is 0.680. The van der Waals surface area contributed by atoms with Gasteiger partial charge in [-0.1, -0.05) is 46.8 Å². The van der Waals surface area contributed by atoms with Crippen molar-refractivity contribution >= 4 is 45.5 Å².